The zero-order valence-corrected chi connectivity index (χ0v) is 16.1. The third-order valence-electron chi connectivity index (χ3n) is 3.88. The van der Waals surface area contributed by atoms with Crippen LogP contribution in [0.4, 0.5) is 0 Å². The second-order valence-corrected chi connectivity index (χ2v) is 6.71. The van der Waals surface area contributed by atoms with Crippen molar-refractivity contribution in [1.29, 1.82) is 0 Å². The topological polar surface area (TPSA) is 59.3 Å². The van der Waals surface area contributed by atoms with Crippen LogP contribution in [-0.2, 0) is 0 Å². The Kier molecular flexibility index (Phi) is 5.28. The largest absolute Gasteiger partial charge is 0.317 e. The number of hydrazone groups is 1. The molecule has 0 aliphatic carbocycles. The highest BCUT2D eigenvalue weighted by Crippen LogP contribution is 2.23. The number of carbonyl (C=O) groups is 1. The van der Waals surface area contributed by atoms with Crippen LogP contribution in [0.3, 0.4) is 0 Å². The molecule has 0 unspecified atom stereocenters. The number of nitrogens with one attached hydrogen (secondary N) is 1. The van der Waals surface area contributed by atoms with Crippen LogP contribution < -0.4 is 5.43 Å². The average molecular weight is 444 g/mol. The minimum absolute atomic E-state index is 0.259. The van der Waals surface area contributed by atoms with Crippen LogP contribution in [0, 0.1) is 17.4 Å². The summed E-state index contributed by atoms with van der Waals surface area (Å²) in [5.74, 6) is -0.259. The molecule has 2 aromatic heterocycles. The molecule has 0 atom stereocenters. The lowest BCUT2D eigenvalue weighted by atomic mass is 10.2. The number of aromatic nitrogens is 2. The van der Waals surface area contributed by atoms with E-state index in [1.54, 1.807) is 30.7 Å². The number of para-hydroxylation sites is 1. The van der Waals surface area contributed by atoms with Gasteiger partial charge < -0.3 is 4.57 Å². The van der Waals surface area contributed by atoms with E-state index in [1.807, 2.05) is 19.1 Å². The number of rotatable bonds is 4. The number of nitrogens with zero attached hydrogens (tertiary/aromatic N) is 3. The fraction of sp³-hybridized carbons (Fsp3) is 0.105. The fourth-order valence-corrected chi connectivity index (χ4v) is 3.28. The SMILES string of the molecule is Cc1cc(/C=N\NC(=O)c2ccncc2)c(C)n1-c1ccccc1I. The molecule has 0 radical (unpaired) electrons. The minimum Gasteiger partial charge on any atom is -0.317 e. The number of benzene rings is 1. The molecule has 3 rings (SSSR count). The molecule has 25 heavy (non-hydrogen) atoms. The van der Waals surface area contributed by atoms with E-state index in [9.17, 15) is 4.79 Å². The number of amides is 1. The molecule has 0 fully saturated rings. The van der Waals surface area contributed by atoms with Crippen molar-refractivity contribution < 1.29 is 4.79 Å². The van der Waals surface area contributed by atoms with Gasteiger partial charge in [-0.1, -0.05) is 12.1 Å². The maximum Gasteiger partial charge on any atom is 0.271 e. The van der Waals surface area contributed by atoms with Crippen LogP contribution in [0.2, 0.25) is 0 Å². The van der Waals surface area contributed by atoms with Crippen molar-refractivity contribution in [2.45, 2.75) is 13.8 Å². The fourth-order valence-electron chi connectivity index (χ4n) is 2.65. The summed E-state index contributed by atoms with van der Waals surface area (Å²) >= 11 is 2.33. The van der Waals surface area contributed by atoms with Crippen LogP contribution >= 0.6 is 22.6 Å². The highest BCUT2D eigenvalue weighted by molar-refractivity contribution is 14.1. The number of pyridine rings is 1. The van der Waals surface area contributed by atoms with Crippen molar-refractivity contribution in [1.82, 2.24) is 15.0 Å². The van der Waals surface area contributed by atoms with Crippen molar-refractivity contribution in [3.63, 3.8) is 0 Å². The third kappa shape index (κ3) is 3.79. The van der Waals surface area contributed by atoms with Gasteiger partial charge in [-0.2, -0.15) is 5.10 Å². The zero-order valence-electron chi connectivity index (χ0n) is 13.9. The van der Waals surface area contributed by atoms with Gasteiger partial charge in [0.25, 0.3) is 5.91 Å². The van der Waals surface area contributed by atoms with Gasteiger partial charge in [0.15, 0.2) is 0 Å². The molecule has 0 aliphatic heterocycles. The predicted octanol–water partition coefficient (Wildman–Crippen LogP) is 3.86. The quantitative estimate of drug-likeness (QED) is 0.378. The highest BCUT2D eigenvalue weighted by Gasteiger charge is 2.11. The Balaban J connectivity index is 1.82. The first-order valence-corrected chi connectivity index (χ1v) is 8.83. The van der Waals surface area contributed by atoms with Crippen molar-refractivity contribution in [2.24, 2.45) is 5.10 Å². The first-order valence-electron chi connectivity index (χ1n) is 7.75. The molecule has 0 saturated heterocycles. The summed E-state index contributed by atoms with van der Waals surface area (Å²) in [4.78, 5) is 15.9. The Morgan fingerprint density at radius 2 is 1.92 bits per heavy atom. The molecule has 0 aliphatic rings. The van der Waals surface area contributed by atoms with Gasteiger partial charge in [-0.15, -0.1) is 0 Å². The Bertz CT molecular complexity index is 932. The lowest BCUT2D eigenvalue weighted by molar-refractivity contribution is 0.0955. The van der Waals surface area contributed by atoms with Gasteiger partial charge in [0.05, 0.1) is 11.9 Å². The number of carbonyl (C=O) groups excluding carboxylic acids is 1. The Morgan fingerprint density at radius 3 is 2.64 bits per heavy atom. The van der Waals surface area contributed by atoms with E-state index in [-0.39, 0.29) is 5.91 Å². The maximum absolute atomic E-state index is 12.0. The summed E-state index contributed by atoms with van der Waals surface area (Å²) in [6, 6.07) is 13.6. The molecule has 2 heterocycles. The van der Waals surface area contributed by atoms with E-state index < -0.39 is 0 Å². The standard InChI is InChI=1S/C19H17IN4O/c1-13-11-16(12-22-23-19(25)15-7-9-21-10-8-15)14(2)24(13)18-6-4-3-5-17(18)20/h3-12H,1-2H3,(H,23,25)/b22-12-. The molecule has 5 nitrogen and oxygen atoms in total. The third-order valence-corrected chi connectivity index (χ3v) is 4.79. The van der Waals surface area contributed by atoms with Crippen LogP contribution in [0.25, 0.3) is 5.69 Å². The van der Waals surface area contributed by atoms with Gasteiger partial charge in [0, 0.05) is 38.5 Å². The number of aryl methyl sites for hydroxylation is 1. The molecule has 1 N–H and O–H groups in total. The van der Waals surface area contributed by atoms with Crippen molar-refractivity contribution in [3.8, 4) is 5.69 Å². The molecule has 1 aromatic carbocycles. The van der Waals surface area contributed by atoms with Crippen LogP contribution in [0.1, 0.15) is 27.3 Å². The number of halogens is 1. The van der Waals surface area contributed by atoms with E-state index in [4.69, 9.17) is 0 Å². The van der Waals surface area contributed by atoms with Crippen molar-refractivity contribution >= 4 is 34.7 Å². The summed E-state index contributed by atoms with van der Waals surface area (Å²) in [6.07, 6.45) is 4.83. The van der Waals surface area contributed by atoms with Gasteiger partial charge in [0.1, 0.15) is 0 Å². The van der Waals surface area contributed by atoms with E-state index in [0.717, 1.165) is 22.6 Å². The number of hydrogen-bond donors (Lipinski definition) is 1. The smallest absolute Gasteiger partial charge is 0.271 e. The molecular formula is C19H17IN4O. The first kappa shape index (κ1) is 17.3. The summed E-state index contributed by atoms with van der Waals surface area (Å²) in [5, 5.41) is 4.09. The number of hydrogen-bond acceptors (Lipinski definition) is 3. The van der Waals surface area contributed by atoms with Crippen molar-refractivity contribution in [2.75, 3.05) is 0 Å². The molecule has 1 amide bonds. The molecule has 6 heteroatoms. The van der Waals surface area contributed by atoms with E-state index in [2.05, 4.69) is 67.8 Å². The molecule has 0 saturated carbocycles. The molecule has 126 valence electrons. The summed E-state index contributed by atoms with van der Waals surface area (Å²) in [6.45, 7) is 4.10. The van der Waals surface area contributed by atoms with Gasteiger partial charge in [0.2, 0.25) is 0 Å². The predicted molar refractivity (Wildman–Crippen MR) is 107 cm³/mol. The lowest BCUT2D eigenvalue weighted by Gasteiger charge is -2.11. The molecule has 3 aromatic rings. The summed E-state index contributed by atoms with van der Waals surface area (Å²) in [5.41, 5.74) is 7.36. The van der Waals surface area contributed by atoms with Crippen LogP contribution in [-0.4, -0.2) is 21.7 Å². The van der Waals surface area contributed by atoms with E-state index in [0.29, 0.717) is 5.56 Å². The minimum atomic E-state index is -0.259. The average Bonchev–Trinajstić information content (AvgIpc) is 2.90. The monoisotopic (exact) mass is 444 g/mol. The summed E-state index contributed by atoms with van der Waals surface area (Å²) < 4.78 is 3.37. The van der Waals surface area contributed by atoms with Gasteiger partial charge in [-0.25, -0.2) is 5.43 Å². The molecule has 0 spiro atoms. The Hall–Kier alpha value is -2.48. The van der Waals surface area contributed by atoms with Crippen LogP contribution in [0.15, 0.2) is 60.0 Å². The summed E-state index contributed by atoms with van der Waals surface area (Å²) in [7, 11) is 0. The Morgan fingerprint density at radius 1 is 1.20 bits per heavy atom. The first-order chi connectivity index (χ1) is 12.1. The van der Waals surface area contributed by atoms with Crippen LogP contribution in [0.5, 0.6) is 0 Å². The van der Waals surface area contributed by atoms with E-state index in [1.165, 1.54) is 3.57 Å². The Labute approximate surface area is 159 Å². The second kappa shape index (κ2) is 7.60. The highest BCUT2D eigenvalue weighted by atomic mass is 127. The van der Waals surface area contributed by atoms with Gasteiger partial charge in [-0.3, -0.25) is 9.78 Å². The zero-order chi connectivity index (χ0) is 17.8. The second-order valence-electron chi connectivity index (χ2n) is 5.55. The maximum atomic E-state index is 12.0. The van der Waals surface area contributed by atoms with E-state index >= 15 is 0 Å². The molecular weight excluding hydrogens is 427 g/mol. The normalized spacial score (nSPS) is 11.0. The van der Waals surface area contributed by atoms with Gasteiger partial charge >= 0.3 is 0 Å². The van der Waals surface area contributed by atoms with Gasteiger partial charge in [-0.05, 0) is 66.8 Å². The molecule has 0 bridgehead atoms. The lowest BCUT2D eigenvalue weighted by Crippen LogP contribution is -2.17. The van der Waals surface area contributed by atoms with Crippen molar-refractivity contribution in [3.05, 3.63) is 80.9 Å².